The van der Waals surface area contributed by atoms with Crippen LogP contribution >= 0.6 is 0 Å². The maximum Gasteiger partial charge on any atom is 0.308 e. The van der Waals surface area contributed by atoms with Crippen molar-refractivity contribution in [2.75, 3.05) is 6.61 Å². The van der Waals surface area contributed by atoms with Gasteiger partial charge in [-0.25, -0.2) is 0 Å². The fourth-order valence-corrected chi connectivity index (χ4v) is 2.89. The first-order valence-electron chi connectivity index (χ1n) is 6.87. The van der Waals surface area contributed by atoms with E-state index in [2.05, 4.69) is 5.32 Å². The van der Waals surface area contributed by atoms with Gasteiger partial charge in [-0.3, -0.25) is 4.79 Å². The van der Waals surface area contributed by atoms with Gasteiger partial charge >= 0.3 is 5.97 Å². The minimum Gasteiger partial charge on any atom is -0.466 e. The Morgan fingerprint density at radius 2 is 1.88 bits per heavy atom. The molecule has 0 aromatic carbocycles. The van der Waals surface area contributed by atoms with Gasteiger partial charge in [-0.2, -0.15) is 0 Å². The van der Waals surface area contributed by atoms with Crippen LogP contribution in [0.15, 0.2) is 0 Å². The van der Waals surface area contributed by atoms with Crippen molar-refractivity contribution in [1.29, 1.82) is 0 Å². The third-order valence-electron chi connectivity index (χ3n) is 3.99. The fraction of sp³-hybridized carbons (Fsp3) is 0.923. The van der Waals surface area contributed by atoms with Gasteiger partial charge in [0.15, 0.2) is 0 Å². The van der Waals surface area contributed by atoms with Crippen LogP contribution in [0, 0.1) is 5.92 Å². The third kappa shape index (κ3) is 3.42. The fourth-order valence-electron chi connectivity index (χ4n) is 2.89. The minimum absolute atomic E-state index is 0.00313. The molecule has 0 aromatic heterocycles. The molecule has 98 valence electrons. The Labute approximate surface area is 103 Å². The van der Waals surface area contributed by atoms with Crippen LogP contribution in [0.4, 0.5) is 0 Å². The molecule has 0 heterocycles. The first kappa shape index (κ1) is 12.8. The van der Waals surface area contributed by atoms with Crippen LogP contribution in [0.25, 0.3) is 0 Å². The van der Waals surface area contributed by atoms with Crippen molar-refractivity contribution in [1.82, 2.24) is 5.32 Å². The zero-order valence-electron chi connectivity index (χ0n) is 10.7. The molecule has 17 heavy (non-hydrogen) atoms. The van der Waals surface area contributed by atoms with Gasteiger partial charge in [0.2, 0.25) is 0 Å². The van der Waals surface area contributed by atoms with E-state index in [4.69, 9.17) is 10.5 Å². The van der Waals surface area contributed by atoms with Crippen molar-refractivity contribution in [2.45, 2.75) is 63.6 Å². The average Bonchev–Trinajstić information content (AvgIpc) is 2.28. The SMILES string of the molecule is CCOC(=O)C1CCC(NC2CC(N)C2)CC1. The van der Waals surface area contributed by atoms with Crippen LogP contribution in [-0.4, -0.2) is 30.7 Å². The second-order valence-electron chi connectivity index (χ2n) is 5.40. The smallest absolute Gasteiger partial charge is 0.308 e. The molecule has 2 fully saturated rings. The van der Waals surface area contributed by atoms with Crippen molar-refractivity contribution < 1.29 is 9.53 Å². The average molecular weight is 240 g/mol. The molecule has 0 spiro atoms. The number of nitrogens with one attached hydrogen (secondary N) is 1. The van der Waals surface area contributed by atoms with Crippen molar-refractivity contribution in [3.63, 3.8) is 0 Å². The monoisotopic (exact) mass is 240 g/mol. The van der Waals surface area contributed by atoms with Gasteiger partial charge in [0.05, 0.1) is 12.5 Å². The summed E-state index contributed by atoms with van der Waals surface area (Å²) in [4.78, 5) is 11.6. The number of rotatable bonds is 4. The van der Waals surface area contributed by atoms with Crippen LogP contribution in [0.2, 0.25) is 0 Å². The van der Waals surface area contributed by atoms with Crippen LogP contribution in [-0.2, 0) is 9.53 Å². The predicted molar refractivity (Wildman–Crippen MR) is 66.5 cm³/mol. The summed E-state index contributed by atoms with van der Waals surface area (Å²) < 4.78 is 5.07. The molecule has 3 N–H and O–H groups in total. The van der Waals surface area contributed by atoms with Gasteiger partial charge in [0.25, 0.3) is 0 Å². The van der Waals surface area contributed by atoms with E-state index in [0.29, 0.717) is 24.7 Å². The highest BCUT2D eigenvalue weighted by Gasteiger charge is 2.31. The summed E-state index contributed by atoms with van der Waals surface area (Å²) >= 11 is 0. The summed E-state index contributed by atoms with van der Waals surface area (Å²) in [6, 6.07) is 1.61. The van der Waals surface area contributed by atoms with Crippen LogP contribution < -0.4 is 11.1 Å². The minimum atomic E-state index is -0.00313. The summed E-state index contributed by atoms with van der Waals surface area (Å²) in [6.45, 7) is 2.36. The molecule has 0 saturated heterocycles. The highest BCUT2D eigenvalue weighted by molar-refractivity contribution is 5.72. The van der Waals surface area contributed by atoms with E-state index < -0.39 is 0 Å². The third-order valence-corrected chi connectivity index (χ3v) is 3.99. The zero-order valence-corrected chi connectivity index (χ0v) is 10.7. The number of hydrogen-bond acceptors (Lipinski definition) is 4. The molecule has 0 atom stereocenters. The summed E-state index contributed by atoms with van der Waals surface area (Å²) in [5.41, 5.74) is 5.77. The lowest BCUT2D eigenvalue weighted by Crippen LogP contribution is -2.52. The highest BCUT2D eigenvalue weighted by Crippen LogP contribution is 2.27. The molecule has 2 aliphatic carbocycles. The standard InChI is InChI=1S/C13H24N2O2/c1-2-17-13(16)9-3-5-11(6-4-9)15-12-7-10(14)8-12/h9-12,15H,2-8,14H2,1H3. The lowest BCUT2D eigenvalue weighted by Gasteiger charge is -2.38. The van der Waals surface area contributed by atoms with E-state index in [-0.39, 0.29) is 11.9 Å². The topological polar surface area (TPSA) is 64.3 Å². The molecule has 4 heteroatoms. The van der Waals surface area contributed by atoms with Crippen molar-refractivity contribution >= 4 is 5.97 Å². The van der Waals surface area contributed by atoms with E-state index >= 15 is 0 Å². The Morgan fingerprint density at radius 1 is 1.24 bits per heavy atom. The van der Waals surface area contributed by atoms with E-state index in [1.54, 1.807) is 0 Å². The molecule has 0 unspecified atom stereocenters. The number of ether oxygens (including phenoxy) is 1. The Morgan fingerprint density at radius 3 is 2.41 bits per heavy atom. The Bertz CT molecular complexity index is 256. The molecule has 2 saturated carbocycles. The Balaban J connectivity index is 1.65. The van der Waals surface area contributed by atoms with Gasteiger partial charge < -0.3 is 15.8 Å². The molecular formula is C13H24N2O2. The van der Waals surface area contributed by atoms with Gasteiger partial charge in [-0.1, -0.05) is 0 Å². The maximum atomic E-state index is 11.6. The lowest BCUT2D eigenvalue weighted by atomic mass is 9.82. The van der Waals surface area contributed by atoms with Crippen LogP contribution in [0.5, 0.6) is 0 Å². The molecule has 0 aliphatic heterocycles. The van der Waals surface area contributed by atoms with Crippen molar-refractivity contribution in [3.05, 3.63) is 0 Å². The summed E-state index contributed by atoms with van der Waals surface area (Å²) in [5, 5.41) is 3.65. The number of carbonyl (C=O) groups is 1. The van der Waals surface area contributed by atoms with Crippen LogP contribution in [0.1, 0.15) is 45.4 Å². The van der Waals surface area contributed by atoms with Crippen LogP contribution in [0.3, 0.4) is 0 Å². The Hall–Kier alpha value is -0.610. The second-order valence-corrected chi connectivity index (χ2v) is 5.40. The summed E-state index contributed by atoms with van der Waals surface area (Å²) in [5.74, 6) is 0.133. The molecule has 4 nitrogen and oxygen atoms in total. The molecule has 0 aromatic rings. The predicted octanol–water partition coefficient (Wildman–Crippen LogP) is 1.19. The first-order chi connectivity index (χ1) is 8.19. The van der Waals surface area contributed by atoms with Crippen molar-refractivity contribution in [3.8, 4) is 0 Å². The van der Waals surface area contributed by atoms with E-state index in [9.17, 15) is 4.79 Å². The van der Waals surface area contributed by atoms with E-state index in [1.165, 1.54) is 0 Å². The molecule has 0 bridgehead atoms. The molecule has 2 aliphatic rings. The first-order valence-corrected chi connectivity index (χ1v) is 6.87. The van der Waals surface area contributed by atoms with Gasteiger partial charge in [-0.05, 0) is 45.4 Å². The van der Waals surface area contributed by atoms with Crippen molar-refractivity contribution in [2.24, 2.45) is 11.7 Å². The molecular weight excluding hydrogens is 216 g/mol. The summed E-state index contributed by atoms with van der Waals surface area (Å²) in [7, 11) is 0. The van der Waals surface area contributed by atoms with E-state index in [0.717, 1.165) is 38.5 Å². The largest absolute Gasteiger partial charge is 0.466 e. The van der Waals surface area contributed by atoms with Gasteiger partial charge in [0.1, 0.15) is 0 Å². The lowest BCUT2D eigenvalue weighted by molar-refractivity contribution is -0.149. The molecule has 2 rings (SSSR count). The number of esters is 1. The highest BCUT2D eigenvalue weighted by atomic mass is 16.5. The maximum absolute atomic E-state index is 11.6. The quantitative estimate of drug-likeness (QED) is 0.724. The van der Waals surface area contributed by atoms with Gasteiger partial charge in [0, 0.05) is 18.1 Å². The van der Waals surface area contributed by atoms with E-state index in [1.807, 2.05) is 6.92 Å². The molecule has 0 amide bonds. The number of nitrogens with two attached hydrogens (primary N) is 1. The van der Waals surface area contributed by atoms with Gasteiger partial charge in [-0.15, -0.1) is 0 Å². The number of carbonyl (C=O) groups excluding carboxylic acids is 1. The normalized spacial score (nSPS) is 37.3. The Kier molecular flexibility index (Phi) is 4.40. The summed E-state index contributed by atoms with van der Waals surface area (Å²) in [6.07, 6.45) is 6.34. The molecule has 0 radical (unpaired) electrons. The second kappa shape index (κ2) is 5.83. The number of hydrogen-bond donors (Lipinski definition) is 2. The zero-order chi connectivity index (χ0) is 12.3.